The van der Waals surface area contributed by atoms with Gasteiger partial charge in [0, 0.05) is 0 Å². The third-order valence-corrected chi connectivity index (χ3v) is 30.9. The molecule has 0 nitrogen and oxygen atoms in total. The Balaban J connectivity index is 2.33. The van der Waals surface area contributed by atoms with Crippen molar-refractivity contribution in [2.75, 3.05) is 0 Å². The van der Waals surface area contributed by atoms with Crippen molar-refractivity contribution in [1.82, 2.24) is 0 Å². The maximum atomic E-state index is 2.67. The highest BCUT2D eigenvalue weighted by atomic mass is 28.5. The molecule has 0 aliphatic carbocycles. The van der Waals surface area contributed by atoms with Gasteiger partial charge in [0.2, 0.25) is 0 Å². The molecule has 0 fully saturated rings. The summed E-state index contributed by atoms with van der Waals surface area (Å²) in [5, 5.41) is 4.97. The van der Waals surface area contributed by atoms with Crippen LogP contribution in [0, 0.1) is 20.8 Å². The Hall–Kier alpha value is -1.69. The first-order valence-corrected chi connectivity index (χ1v) is 20.8. The summed E-state index contributed by atoms with van der Waals surface area (Å²) in [7, 11) is -5.44. The van der Waals surface area contributed by atoms with Gasteiger partial charge in [-0.25, -0.2) is 0 Å². The SMILES string of the molecule is Cc1ccccc1[Si](C)(C)C([Si](C)(C)c1ccccc1C)[Si](C)(C)c1ccccc1C. The molecule has 3 rings (SSSR count). The summed E-state index contributed by atoms with van der Waals surface area (Å²) >= 11 is 0. The van der Waals surface area contributed by atoms with Crippen LogP contribution in [0.2, 0.25) is 44.1 Å². The predicted molar refractivity (Wildman–Crippen MR) is 149 cm³/mol. The Bertz CT molecular complexity index is 926. The Morgan fingerprint density at radius 3 is 0.871 bits per heavy atom. The van der Waals surface area contributed by atoms with Crippen LogP contribution >= 0.6 is 0 Å². The lowest BCUT2D eigenvalue weighted by molar-refractivity contribution is 1.35. The number of hydrogen-bond donors (Lipinski definition) is 0. The maximum Gasteiger partial charge on any atom is 0.0795 e. The van der Waals surface area contributed by atoms with E-state index in [9.17, 15) is 0 Å². The first-order chi connectivity index (χ1) is 14.4. The minimum atomic E-state index is -1.81. The number of rotatable bonds is 6. The van der Waals surface area contributed by atoms with E-state index in [2.05, 4.69) is 133 Å². The molecule has 3 aromatic rings. The topological polar surface area (TPSA) is 0 Å². The molecule has 0 bridgehead atoms. The fourth-order valence-corrected chi connectivity index (χ4v) is 37.3. The van der Waals surface area contributed by atoms with Crippen molar-refractivity contribution < 1.29 is 0 Å². The van der Waals surface area contributed by atoms with Crippen LogP contribution in [-0.4, -0.2) is 24.2 Å². The van der Waals surface area contributed by atoms with Crippen molar-refractivity contribution in [1.29, 1.82) is 0 Å². The lowest BCUT2D eigenvalue weighted by Gasteiger charge is -2.52. The molecule has 0 aromatic heterocycles. The third kappa shape index (κ3) is 4.33. The van der Waals surface area contributed by atoms with Gasteiger partial charge in [0.25, 0.3) is 0 Å². The van der Waals surface area contributed by atoms with E-state index in [1.807, 2.05) is 0 Å². The van der Waals surface area contributed by atoms with Crippen LogP contribution in [0.4, 0.5) is 0 Å². The molecule has 164 valence electrons. The highest BCUT2D eigenvalue weighted by Gasteiger charge is 2.54. The molecule has 0 saturated carbocycles. The van der Waals surface area contributed by atoms with Crippen molar-refractivity contribution in [3.05, 3.63) is 89.5 Å². The highest BCUT2D eigenvalue weighted by Crippen LogP contribution is 2.41. The average molecular weight is 461 g/mol. The van der Waals surface area contributed by atoms with Gasteiger partial charge in [-0.1, -0.05) is 144 Å². The third-order valence-electron chi connectivity index (χ3n) is 7.68. The molecule has 0 amide bonds. The summed E-state index contributed by atoms with van der Waals surface area (Å²) in [4.78, 5) is 0.774. The van der Waals surface area contributed by atoms with E-state index in [1.54, 1.807) is 15.6 Å². The molecular formula is C28H40Si3. The monoisotopic (exact) mass is 460 g/mol. The van der Waals surface area contributed by atoms with E-state index in [4.69, 9.17) is 0 Å². The zero-order chi connectivity index (χ0) is 23.0. The predicted octanol–water partition coefficient (Wildman–Crippen LogP) is 6.21. The van der Waals surface area contributed by atoms with Gasteiger partial charge in [0.15, 0.2) is 0 Å². The Morgan fingerprint density at radius 2 is 0.645 bits per heavy atom. The fraction of sp³-hybridized carbons (Fsp3) is 0.357. The summed E-state index contributed by atoms with van der Waals surface area (Å²) in [5.74, 6) is 0. The maximum absolute atomic E-state index is 2.67. The number of aryl methyl sites for hydroxylation is 3. The minimum absolute atomic E-state index is 0.774. The molecule has 0 saturated heterocycles. The van der Waals surface area contributed by atoms with Gasteiger partial charge in [-0.3, -0.25) is 0 Å². The Morgan fingerprint density at radius 1 is 0.419 bits per heavy atom. The highest BCUT2D eigenvalue weighted by molar-refractivity contribution is 7.23. The van der Waals surface area contributed by atoms with Gasteiger partial charge in [0.05, 0.1) is 24.2 Å². The minimum Gasteiger partial charge on any atom is -0.0656 e. The van der Waals surface area contributed by atoms with Crippen LogP contribution in [0.25, 0.3) is 0 Å². The van der Waals surface area contributed by atoms with Crippen molar-refractivity contribution in [3.63, 3.8) is 0 Å². The Kier molecular flexibility index (Phi) is 6.71. The second-order valence-electron chi connectivity index (χ2n) is 11.0. The van der Waals surface area contributed by atoms with Gasteiger partial charge in [-0.15, -0.1) is 0 Å². The zero-order valence-electron chi connectivity index (χ0n) is 21.0. The van der Waals surface area contributed by atoms with Crippen LogP contribution in [0.5, 0.6) is 0 Å². The molecule has 0 aliphatic rings. The van der Waals surface area contributed by atoms with Crippen LogP contribution in [0.1, 0.15) is 16.7 Å². The normalized spacial score (nSPS) is 13.0. The van der Waals surface area contributed by atoms with Crippen molar-refractivity contribution in [3.8, 4) is 0 Å². The van der Waals surface area contributed by atoms with Crippen LogP contribution in [-0.2, 0) is 0 Å². The van der Waals surface area contributed by atoms with Crippen LogP contribution < -0.4 is 15.6 Å². The van der Waals surface area contributed by atoms with Gasteiger partial charge < -0.3 is 0 Å². The lowest BCUT2D eigenvalue weighted by Crippen LogP contribution is -2.71. The molecule has 0 radical (unpaired) electrons. The first-order valence-electron chi connectivity index (χ1n) is 11.6. The van der Waals surface area contributed by atoms with Gasteiger partial charge in [-0.05, 0) is 25.6 Å². The first kappa shape index (κ1) is 24.0. The molecule has 0 N–H and O–H groups in total. The summed E-state index contributed by atoms with van der Waals surface area (Å²) in [6, 6.07) is 27.7. The summed E-state index contributed by atoms with van der Waals surface area (Å²) in [6.07, 6.45) is 0. The van der Waals surface area contributed by atoms with Crippen molar-refractivity contribution >= 4 is 39.8 Å². The van der Waals surface area contributed by atoms with Crippen molar-refractivity contribution in [2.24, 2.45) is 0 Å². The van der Waals surface area contributed by atoms with Gasteiger partial charge in [-0.2, -0.15) is 0 Å². The van der Waals surface area contributed by atoms with E-state index in [0.29, 0.717) is 0 Å². The summed E-state index contributed by atoms with van der Waals surface area (Å²) in [5.41, 5.74) is 4.44. The average Bonchev–Trinajstić information content (AvgIpc) is 2.67. The molecule has 31 heavy (non-hydrogen) atoms. The second kappa shape index (κ2) is 8.68. The standard InChI is InChI=1S/C28H40Si3/c1-22-16-10-13-19-25(22)29(4,5)28(30(6,7)26-20-14-11-17-23(26)2)31(8,9)27-21-15-12-18-24(27)3/h10-21,28H,1-9H3. The fourth-order valence-electron chi connectivity index (χ4n) is 7.06. The zero-order valence-corrected chi connectivity index (χ0v) is 24.0. The molecule has 3 heteroatoms. The molecule has 0 spiro atoms. The second-order valence-corrected chi connectivity index (χ2v) is 26.5. The number of hydrogen-bond acceptors (Lipinski definition) is 0. The summed E-state index contributed by atoms with van der Waals surface area (Å²) < 4.78 is 0. The van der Waals surface area contributed by atoms with E-state index in [0.717, 1.165) is 4.79 Å². The van der Waals surface area contributed by atoms with E-state index >= 15 is 0 Å². The van der Waals surface area contributed by atoms with E-state index < -0.39 is 24.2 Å². The summed E-state index contributed by atoms with van der Waals surface area (Å²) in [6.45, 7) is 23.0. The molecule has 0 aliphatic heterocycles. The molecule has 0 unspecified atom stereocenters. The smallest absolute Gasteiger partial charge is 0.0656 e. The van der Waals surface area contributed by atoms with Crippen molar-refractivity contribution in [2.45, 2.75) is 64.8 Å². The van der Waals surface area contributed by atoms with Crippen LogP contribution in [0.15, 0.2) is 72.8 Å². The largest absolute Gasteiger partial charge is 0.0795 e. The van der Waals surface area contributed by atoms with E-state index in [1.165, 1.54) is 16.7 Å². The number of benzene rings is 3. The molecular weight excluding hydrogens is 421 g/mol. The lowest BCUT2D eigenvalue weighted by atomic mass is 10.2. The van der Waals surface area contributed by atoms with E-state index in [-0.39, 0.29) is 0 Å². The Labute approximate surface area is 193 Å². The quantitative estimate of drug-likeness (QED) is 0.384. The molecule has 0 atom stereocenters. The van der Waals surface area contributed by atoms with Gasteiger partial charge >= 0.3 is 0 Å². The van der Waals surface area contributed by atoms with Gasteiger partial charge in [0.1, 0.15) is 0 Å². The molecule has 3 aromatic carbocycles. The molecule has 0 heterocycles. The van der Waals surface area contributed by atoms with Crippen LogP contribution in [0.3, 0.4) is 0 Å².